The van der Waals surface area contributed by atoms with Crippen LogP contribution in [0.1, 0.15) is 29.6 Å². The van der Waals surface area contributed by atoms with Gasteiger partial charge in [0.05, 0.1) is 13.0 Å². The molecule has 2 atom stereocenters. The fourth-order valence-corrected chi connectivity index (χ4v) is 2.65. The van der Waals surface area contributed by atoms with E-state index >= 15 is 0 Å². The van der Waals surface area contributed by atoms with Crippen LogP contribution in [-0.4, -0.2) is 35.7 Å². The van der Waals surface area contributed by atoms with Gasteiger partial charge < -0.3 is 15.2 Å². The van der Waals surface area contributed by atoms with Crippen LogP contribution in [0.15, 0.2) is 18.3 Å². The van der Waals surface area contributed by atoms with Crippen molar-refractivity contribution in [3.63, 3.8) is 0 Å². The SMILES string of the molecule is COC(=O)c1cccnc1NCC1CCCC1C(=O)O. The quantitative estimate of drug-likeness (QED) is 0.798. The summed E-state index contributed by atoms with van der Waals surface area (Å²) < 4.78 is 4.70. The number of hydrogen-bond acceptors (Lipinski definition) is 5. The molecule has 1 aliphatic rings. The van der Waals surface area contributed by atoms with Crippen molar-refractivity contribution in [3.8, 4) is 0 Å². The van der Waals surface area contributed by atoms with Gasteiger partial charge in [-0.3, -0.25) is 4.79 Å². The second kappa shape index (κ2) is 6.36. The van der Waals surface area contributed by atoms with Crippen molar-refractivity contribution in [2.24, 2.45) is 11.8 Å². The summed E-state index contributed by atoms with van der Waals surface area (Å²) in [5.74, 6) is -1.01. The predicted molar refractivity (Wildman–Crippen MR) is 72.5 cm³/mol. The van der Waals surface area contributed by atoms with Gasteiger partial charge in [0.25, 0.3) is 0 Å². The second-order valence-electron chi connectivity index (χ2n) is 4.91. The fraction of sp³-hybridized carbons (Fsp3) is 0.500. The molecule has 1 aliphatic carbocycles. The standard InChI is InChI=1S/C14H18N2O4/c1-20-14(19)11-6-3-7-15-12(11)16-8-9-4-2-5-10(9)13(17)18/h3,6-7,9-10H,2,4-5,8H2,1H3,(H,15,16)(H,17,18). The number of hydrogen-bond donors (Lipinski definition) is 2. The number of carbonyl (C=O) groups excluding carboxylic acids is 1. The van der Waals surface area contributed by atoms with Gasteiger partial charge in [-0.25, -0.2) is 9.78 Å². The highest BCUT2D eigenvalue weighted by Crippen LogP contribution is 2.32. The Morgan fingerprint density at radius 1 is 1.50 bits per heavy atom. The molecule has 0 bridgehead atoms. The smallest absolute Gasteiger partial charge is 0.341 e. The van der Waals surface area contributed by atoms with Gasteiger partial charge >= 0.3 is 11.9 Å². The van der Waals surface area contributed by atoms with E-state index in [-0.39, 0.29) is 11.8 Å². The molecule has 0 aliphatic heterocycles. The van der Waals surface area contributed by atoms with E-state index in [0.29, 0.717) is 24.3 Å². The Labute approximate surface area is 117 Å². The largest absolute Gasteiger partial charge is 0.481 e. The van der Waals surface area contributed by atoms with Crippen LogP contribution in [0.5, 0.6) is 0 Å². The summed E-state index contributed by atoms with van der Waals surface area (Å²) >= 11 is 0. The molecule has 1 aromatic heterocycles. The molecule has 0 radical (unpaired) electrons. The normalized spacial score (nSPS) is 21.4. The van der Waals surface area contributed by atoms with Crippen LogP contribution in [0.4, 0.5) is 5.82 Å². The van der Waals surface area contributed by atoms with E-state index in [0.717, 1.165) is 12.8 Å². The Balaban J connectivity index is 2.04. The zero-order chi connectivity index (χ0) is 14.5. The molecular weight excluding hydrogens is 260 g/mol. The molecule has 0 spiro atoms. The molecule has 6 nitrogen and oxygen atoms in total. The number of carboxylic acid groups (broad SMARTS) is 1. The van der Waals surface area contributed by atoms with Crippen molar-refractivity contribution in [1.29, 1.82) is 0 Å². The molecule has 20 heavy (non-hydrogen) atoms. The number of carboxylic acids is 1. The van der Waals surface area contributed by atoms with Gasteiger partial charge in [-0.15, -0.1) is 0 Å². The zero-order valence-corrected chi connectivity index (χ0v) is 11.3. The molecule has 1 fully saturated rings. The lowest BCUT2D eigenvalue weighted by Crippen LogP contribution is -2.25. The third-order valence-electron chi connectivity index (χ3n) is 3.72. The average Bonchev–Trinajstić information content (AvgIpc) is 2.93. The highest BCUT2D eigenvalue weighted by Gasteiger charge is 2.32. The minimum Gasteiger partial charge on any atom is -0.481 e. The number of carbonyl (C=O) groups is 2. The van der Waals surface area contributed by atoms with E-state index in [1.165, 1.54) is 7.11 Å². The minimum atomic E-state index is -0.747. The fourth-order valence-electron chi connectivity index (χ4n) is 2.65. The summed E-state index contributed by atoms with van der Waals surface area (Å²) in [6, 6.07) is 3.29. The summed E-state index contributed by atoms with van der Waals surface area (Å²) in [6.45, 7) is 0.498. The highest BCUT2D eigenvalue weighted by molar-refractivity contribution is 5.94. The Morgan fingerprint density at radius 2 is 2.30 bits per heavy atom. The van der Waals surface area contributed by atoms with Crippen LogP contribution in [0.2, 0.25) is 0 Å². The first kappa shape index (κ1) is 14.3. The molecule has 0 aromatic carbocycles. The van der Waals surface area contributed by atoms with Gasteiger partial charge in [0.2, 0.25) is 0 Å². The van der Waals surface area contributed by atoms with E-state index in [9.17, 15) is 9.59 Å². The molecule has 2 N–H and O–H groups in total. The molecular formula is C14H18N2O4. The number of aliphatic carboxylic acids is 1. The van der Waals surface area contributed by atoms with E-state index in [4.69, 9.17) is 9.84 Å². The van der Waals surface area contributed by atoms with Crippen molar-refractivity contribution >= 4 is 17.8 Å². The molecule has 6 heteroatoms. The van der Waals surface area contributed by atoms with Gasteiger partial charge in [-0.2, -0.15) is 0 Å². The molecule has 1 heterocycles. The lowest BCUT2D eigenvalue weighted by Gasteiger charge is -2.17. The van der Waals surface area contributed by atoms with Gasteiger partial charge in [0, 0.05) is 12.7 Å². The van der Waals surface area contributed by atoms with Crippen LogP contribution < -0.4 is 5.32 Å². The summed E-state index contributed by atoms with van der Waals surface area (Å²) in [4.78, 5) is 26.9. The number of anilines is 1. The molecule has 108 valence electrons. The summed E-state index contributed by atoms with van der Waals surface area (Å²) in [5, 5.41) is 12.2. The lowest BCUT2D eigenvalue weighted by atomic mass is 9.96. The Bertz CT molecular complexity index is 504. The third kappa shape index (κ3) is 3.07. The number of ether oxygens (including phenoxy) is 1. The van der Waals surface area contributed by atoms with Gasteiger partial charge in [0.15, 0.2) is 0 Å². The van der Waals surface area contributed by atoms with Crippen LogP contribution in [-0.2, 0) is 9.53 Å². The third-order valence-corrected chi connectivity index (χ3v) is 3.72. The molecule has 0 saturated heterocycles. The maximum Gasteiger partial charge on any atom is 0.341 e. The molecule has 2 unspecified atom stereocenters. The number of methoxy groups -OCH3 is 1. The number of nitrogens with zero attached hydrogens (tertiary/aromatic N) is 1. The highest BCUT2D eigenvalue weighted by atomic mass is 16.5. The minimum absolute atomic E-state index is 0.0694. The van der Waals surface area contributed by atoms with Crippen molar-refractivity contribution in [2.75, 3.05) is 19.0 Å². The Hall–Kier alpha value is -2.11. The number of aromatic nitrogens is 1. The lowest BCUT2D eigenvalue weighted by molar-refractivity contribution is -0.142. The van der Waals surface area contributed by atoms with Gasteiger partial charge in [-0.05, 0) is 30.9 Å². The van der Waals surface area contributed by atoms with Crippen LogP contribution in [0, 0.1) is 11.8 Å². The number of nitrogens with one attached hydrogen (secondary N) is 1. The number of esters is 1. The maximum atomic E-state index is 11.6. The first-order chi connectivity index (χ1) is 9.63. The molecule has 1 saturated carbocycles. The maximum absolute atomic E-state index is 11.6. The average molecular weight is 278 g/mol. The molecule has 0 amide bonds. The zero-order valence-electron chi connectivity index (χ0n) is 11.3. The monoisotopic (exact) mass is 278 g/mol. The van der Waals surface area contributed by atoms with Gasteiger partial charge in [-0.1, -0.05) is 6.42 Å². The second-order valence-corrected chi connectivity index (χ2v) is 4.91. The van der Waals surface area contributed by atoms with E-state index in [2.05, 4.69) is 10.3 Å². The van der Waals surface area contributed by atoms with Crippen molar-refractivity contribution in [3.05, 3.63) is 23.9 Å². The summed E-state index contributed by atoms with van der Waals surface area (Å²) in [6.07, 6.45) is 4.10. The van der Waals surface area contributed by atoms with E-state index in [1.807, 2.05) is 0 Å². The van der Waals surface area contributed by atoms with Crippen LogP contribution in [0.3, 0.4) is 0 Å². The van der Waals surface area contributed by atoms with Crippen molar-refractivity contribution < 1.29 is 19.4 Å². The number of pyridine rings is 1. The van der Waals surface area contributed by atoms with Crippen molar-refractivity contribution in [1.82, 2.24) is 4.98 Å². The van der Waals surface area contributed by atoms with Gasteiger partial charge in [0.1, 0.15) is 11.4 Å². The topological polar surface area (TPSA) is 88.5 Å². The van der Waals surface area contributed by atoms with E-state index < -0.39 is 11.9 Å². The number of rotatable bonds is 5. The van der Waals surface area contributed by atoms with Crippen molar-refractivity contribution in [2.45, 2.75) is 19.3 Å². The first-order valence-corrected chi connectivity index (χ1v) is 6.63. The Kier molecular flexibility index (Phi) is 4.55. The molecule has 2 rings (SSSR count). The summed E-state index contributed by atoms with van der Waals surface area (Å²) in [7, 11) is 1.32. The molecule has 1 aromatic rings. The first-order valence-electron chi connectivity index (χ1n) is 6.63. The summed E-state index contributed by atoms with van der Waals surface area (Å²) in [5.41, 5.74) is 0.361. The van der Waals surface area contributed by atoms with Crippen LogP contribution >= 0.6 is 0 Å². The predicted octanol–water partition coefficient (Wildman–Crippen LogP) is 1.78. The van der Waals surface area contributed by atoms with Crippen LogP contribution in [0.25, 0.3) is 0 Å². The Morgan fingerprint density at radius 3 is 3.00 bits per heavy atom. The van der Waals surface area contributed by atoms with E-state index in [1.54, 1.807) is 18.3 Å².